The highest BCUT2D eigenvalue weighted by atomic mass is 35.5. The van der Waals surface area contributed by atoms with Crippen LogP contribution < -0.4 is 5.73 Å². The third kappa shape index (κ3) is 4.43. The summed E-state index contributed by atoms with van der Waals surface area (Å²) in [6, 6.07) is 0.794. The zero-order valence-electron chi connectivity index (χ0n) is 15.0. The van der Waals surface area contributed by atoms with Gasteiger partial charge in [-0.3, -0.25) is 9.69 Å². The monoisotopic (exact) mass is 359 g/mol. The maximum Gasteiger partial charge on any atom is 0.237 e. The van der Waals surface area contributed by atoms with Crippen LogP contribution in [0.3, 0.4) is 0 Å². The molecule has 0 radical (unpaired) electrons. The highest BCUT2D eigenvalue weighted by Crippen LogP contribution is 2.35. The molecule has 1 aliphatic carbocycles. The fraction of sp³-hybridized carbons (Fsp3) is 0.944. The van der Waals surface area contributed by atoms with Gasteiger partial charge in [-0.25, -0.2) is 0 Å². The molecule has 0 aromatic heterocycles. The van der Waals surface area contributed by atoms with E-state index >= 15 is 0 Å². The second-order valence-corrected chi connectivity index (χ2v) is 7.58. The molecule has 3 aliphatic rings. The van der Waals surface area contributed by atoms with E-state index in [2.05, 4.69) is 9.80 Å². The Hall–Kier alpha value is -0.360. The topological polar surface area (TPSA) is 58.8 Å². The van der Waals surface area contributed by atoms with Crippen molar-refractivity contribution in [3.63, 3.8) is 0 Å². The minimum atomic E-state index is 0. The third-order valence-corrected chi connectivity index (χ3v) is 6.30. The molecule has 6 heteroatoms. The van der Waals surface area contributed by atoms with Gasteiger partial charge in [0.25, 0.3) is 0 Å². The van der Waals surface area contributed by atoms with Crippen molar-refractivity contribution in [3.05, 3.63) is 0 Å². The van der Waals surface area contributed by atoms with Crippen LogP contribution >= 0.6 is 12.4 Å². The van der Waals surface area contributed by atoms with Crippen LogP contribution in [-0.2, 0) is 9.53 Å². The first-order valence-corrected chi connectivity index (χ1v) is 9.49. The molecule has 2 saturated heterocycles. The molecule has 24 heavy (non-hydrogen) atoms. The van der Waals surface area contributed by atoms with Crippen molar-refractivity contribution in [3.8, 4) is 0 Å². The lowest BCUT2D eigenvalue weighted by Crippen LogP contribution is -2.56. The molecule has 3 rings (SSSR count). The first kappa shape index (κ1) is 20.0. The fourth-order valence-corrected chi connectivity index (χ4v) is 4.93. The van der Waals surface area contributed by atoms with E-state index in [1.807, 2.05) is 0 Å². The minimum absolute atomic E-state index is 0. The number of amides is 1. The number of rotatable bonds is 4. The summed E-state index contributed by atoms with van der Waals surface area (Å²) in [6.45, 7) is 3.04. The summed E-state index contributed by atoms with van der Waals surface area (Å²) in [5.74, 6) is 1.09. The van der Waals surface area contributed by atoms with E-state index in [-0.39, 0.29) is 18.4 Å². The van der Waals surface area contributed by atoms with Crippen molar-refractivity contribution in [1.29, 1.82) is 0 Å². The van der Waals surface area contributed by atoms with E-state index < -0.39 is 0 Å². The van der Waals surface area contributed by atoms with Gasteiger partial charge in [0.2, 0.25) is 5.91 Å². The molecule has 1 saturated carbocycles. The molecular formula is C18H34ClN3O2. The average Bonchev–Trinajstić information content (AvgIpc) is 2.61. The number of nitrogens with zero attached hydrogens (tertiary/aromatic N) is 2. The van der Waals surface area contributed by atoms with Gasteiger partial charge in [0.05, 0.1) is 12.6 Å². The zero-order valence-corrected chi connectivity index (χ0v) is 15.8. The van der Waals surface area contributed by atoms with E-state index in [4.69, 9.17) is 10.5 Å². The average molecular weight is 360 g/mol. The summed E-state index contributed by atoms with van der Waals surface area (Å²) < 4.78 is 5.49. The van der Waals surface area contributed by atoms with Crippen molar-refractivity contribution in [2.24, 2.45) is 11.7 Å². The molecule has 140 valence electrons. The summed E-state index contributed by atoms with van der Waals surface area (Å²) in [6.07, 6.45) is 9.92. The summed E-state index contributed by atoms with van der Waals surface area (Å²) >= 11 is 0. The summed E-state index contributed by atoms with van der Waals surface area (Å²) in [4.78, 5) is 17.5. The smallest absolute Gasteiger partial charge is 0.237 e. The lowest BCUT2D eigenvalue weighted by molar-refractivity contribution is -0.140. The van der Waals surface area contributed by atoms with Gasteiger partial charge in [0.15, 0.2) is 0 Å². The van der Waals surface area contributed by atoms with Crippen LogP contribution in [0.15, 0.2) is 0 Å². The molecular weight excluding hydrogens is 326 g/mol. The minimum Gasteiger partial charge on any atom is -0.381 e. The van der Waals surface area contributed by atoms with E-state index in [1.165, 1.54) is 38.5 Å². The van der Waals surface area contributed by atoms with Gasteiger partial charge in [-0.2, -0.15) is 0 Å². The molecule has 0 bridgehead atoms. The molecule has 2 heterocycles. The van der Waals surface area contributed by atoms with Gasteiger partial charge in [-0.1, -0.05) is 12.8 Å². The number of nitrogens with two attached hydrogens (primary N) is 1. The Bertz CT molecular complexity index is 408. The molecule has 3 fully saturated rings. The predicted molar refractivity (Wildman–Crippen MR) is 98.4 cm³/mol. The number of methoxy groups -OCH3 is 1. The first-order valence-electron chi connectivity index (χ1n) is 9.49. The number of carbonyl (C=O) groups is 1. The van der Waals surface area contributed by atoms with Crippen LogP contribution in [0.1, 0.15) is 51.4 Å². The van der Waals surface area contributed by atoms with Gasteiger partial charge >= 0.3 is 0 Å². The van der Waals surface area contributed by atoms with Crippen LogP contribution in [0.5, 0.6) is 0 Å². The van der Waals surface area contributed by atoms with Gasteiger partial charge in [0, 0.05) is 38.8 Å². The zero-order chi connectivity index (χ0) is 16.2. The Kier molecular flexibility index (Phi) is 7.79. The van der Waals surface area contributed by atoms with Gasteiger partial charge in [-0.15, -0.1) is 12.4 Å². The Morgan fingerprint density at radius 2 is 1.88 bits per heavy atom. The molecule has 2 N–H and O–H groups in total. The van der Waals surface area contributed by atoms with E-state index in [0.29, 0.717) is 31.1 Å². The van der Waals surface area contributed by atoms with E-state index in [0.717, 1.165) is 31.8 Å². The largest absolute Gasteiger partial charge is 0.381 e. The van der Waals surface area contributed by atoms with Crippen molar-refractivity contribution < 1.29 is 9.53 Å². The third-order valence-electron chi connectivity index (χ3n) is 6.30. The van der Waals surface area contributed by atoms with E-state index in [1.54, 1.807) is 7.11 Å². The molecule has 0 spiro atoms. The van der Waals surface area contributed by atoms with Crippen LogP contribution in [0.25, 0.3) is 0 Å². The van der Waals surface area contributed by atoms with Crippen molar-refractivity contribution in [2.75, 3.05) is 33.3 Å². The number of piperidine rings is 2. The second kappa shape index (κ2) is 9.37. The number of hydrogen-bond donors (Lipinski definition) is 1. The molecule has 4 atom stereocenters. The van der Waals surface area contributed by atoms with Crippen LogP contribution in [-0.4, -0.2) is 67.2 Å². The first-order chi connectivity index (χ1) is 11.2. The van der Waals surface area contributed by atoms with Gasteiger partial charge in [0.1, 0.15) is 0 Å². The number of ether oxygens (including phenoxy) is 1. The highest BCUT2D eigenvalue weighted by molar-refractivity contribution is 5.85. The fourth-order valence-electron chi connectivity index (χ4n) is 4.93. The maximum absolute atomic E-state index is 12.9. The standard InChI is InChI=1S/C18H33N3O2.ClH/c1-23-16-8-10-20(15(11-16)12-19)13-18(22)21-9-4-6-14-5-2-3-7-17(14)21;/h14-17H,2-13,19H2,1H3;1H. The Labute approximate surface area is 152 Å². The number of carbonyl (C=O) groups excluding carboxylic acids is 1. The van der Waals surface area contributed by atoms with Gasteiger partial charge < -0.3 is 15.4 Å². The van der Waals surface area contributed by atoms with Crippen molar-refractivity contribution >= 4 is 18.3 Å². The quantitative estimate of drug-likeness (QED) is 0.834. The SMILES string of the molecule is COC1CCN(CC(=O)N2CCCC3CCCCC32)C(CN)C1.Cl. The Morgan fingerprint density at radius 3 is 2.62 bits per heavy atom. The lowest BCUT2D eigenvalue weighted by Gasteiger charge is -2.45. The molecule has 0 aromatic rings. The number of hydrogen-bond acceptors (Lipinski definition) is 4. The van der Waals surface area contributed by atoms with Crippen LogP contribution in [0.4, 0.5) is 0 Å². The van der Waals surface area contributed by atoms with Crippen LogP contribution in [0.2, 0.25) is 0 Å². The molecule has 0 aromatic carbocycles. The lowest BCUT2D eigenvalue weighted by atomic mass is 9.78. The Balaban J connectivity index is 0.00000208. The van der Waals surface area contributed by atoms with E-state index in [9.17, 15) is 4.79 Å². The summed E-state index contributed by atoms with van der Waals surface area (Å²) in [5, 5.41) is 0. The second-order valence-electron chi connectivity index (χ2n) is 7.58. The molecule has 2 aliphatic heterocycles. The number of halogens is 1. The van der Waals surface area contributed by atoms with Crippen molar-refractivity contribution in [1.82, 2.24) is 9.80 Å². The Morgan fingerprint density at radius 1 is 1.12 bits per heavy atom. The molecule has 1 amide bonds. The maximum atomic E-state index is 12.9. The molecule has 5 nitrogen and oxygen atoms in total. The molecule has 4 unspecified atom stereocenters. The number of likely N-dealkylation sites (tertiary alicyclic amines) is 2. The highest BCUT2D eigenvalue weighted by Gasteiger charge is 2.37. The normalized spacial score (nSPS) is 34.3. The predicted octanol–water partition coefficient (Wildman–Crippen LogP) is 2.03. The summed E-state index contributed by atoms with van der Waals surface area (Å²) in [5.41, 5.74) is 5.95. The number of fused-ring (bicyclic) bond motifs is 1. The van der Waals surface area contributed by atoms with Crippen LogP contribution in [0, 0.1) is 5.92 Å². The summed E-state index contributed by atoms with van der Waals surface area (Å²) in [7, 11) is 1.77. The van der Waals surface area contributed by atoms with Crippen molar-refractivity contribution in [2.45, 2.75) is 69.6 Å². The van der Waals surface area contributed by atoms with Gasteiger partial charge in [-0.05, 0) is 44.4 Å².